The zero-order chi connectivity index (χ0) is 14.4. The van der Waals surface area contributed by atoms with Gasteiger partial charge in [-0.05, 0) is 24.1 Å². The molecule has 5 heteroatoms. The van der Waals surface area contributed by atoms with E-state index in [-0.39, 0.29) is 11.9 Å². The quantitative estimate of drug-likeness (QED) is 0.372. The van der Waals surface area contributed by atoms with Crippen LogP contribution in [0.4, 0.5) is 0 Å². The minimum absolute atomic E-state index is 0.0919. The molecule has 0 saturated carbocycles. The van der Waals surface area contributed by atoms with Crippen molar-refractivity contribution in [1.29, 1.82) is 0 Å². The molecule has 2 aromatic rings. The van der Waals surface area contributed by atoms with Crippen molar-refractivity contribution < 1.29 is 5.21 Å². The lowest BCUT2D eigenvalue weighted by atomic mass is 10.0. The van der Waals surface area contributed by atoms with Gasteiger partial charge in [-0.1, -0.05) is 41.6 Å². The Morgan fingerprint density at radius 3 is 2.65 bits per heavy atom. The van der Waals surface area contributed by atoms with Gasteiger partial charge in [0.15, 0.2) is 0 Å². The number of hydrogen-bond acceptors (Lipinski definition) is 4. The highest BCUT2D eigenvalue weighted by Gasteiger charge is 2.19. The molecule has 4 nitrogen and oxygen atoms in total. The van der Waals surface area contributed by atoms with Gasteiger partial charge < -0.3 is 10.9 Å². The first kappa shape index (κ1) is 14.6. The number of benzene rings is 1. The fraction of sp³-hybridized carbons (Fsp3) is 0.267. The zero-order valence-electron chi connectivity index (χ0n) is 11.4. The molecule has 1 heterocycles. The molecule has 0 bridgehead atoms. The van der Waals surface area contributed by atoms with E-state index in [2.05, 4.69) is 46.7 Å². The maximum atomic E-state index is 8.82. The summed E-state index contributed by atoms with van der Waals surface area (Å²) < 4.78 is 0. The molecular formula is C15H19N3OS. The molecule has 0 radical (unpaired) electrons. The molecule has 20 heavy (non-hydrogen) atoms. The Morgan fingerprint density at radius 1 is 1.30 bits per heavy atom. The van der Waals surface area contributed by atoms with Crippen molar-refractivity contribution in [3.63, 3.8) is 0 Å². The third-order valence-corrected chi connectivity index (χ3v) is 4.09. The molecule has 3 N–H and O–H groups in total. The molecule has 1 aromatic heterocycles. The Labute approximate surface area is 123 Å². The van der Waals surface area contributed by atoms with Crippen LogP contribution in [0.25, 0.3) is 0 Å². The standard InChI is InChI=1S/C15H19N3OS/c1-18(11-13-8-5-9-20-13)14(10-15(16)17-19)12-6-3-2-4-7-12/h2-9,14,19H,10-11H2,1H3,(H2,16,17). The van der Waals surface area contributed by atoms with E-state index >= 15 is 0 Å². The third-order valence-electron chi connectivity index (χ3n) is 3.23. The van der Waals surface area contributed by atoms with Crippen LogP contribution in [0, 0.1) is 0 Å². The van der Waals surface area contributed by atoms with Crippen molar-refractivity contribution in [3.05, 3.63) is 58.3 Å². The number of rotatable bonds is 6. The van der Waals surface area contributed by atoms with Gasteiger partial charge in [-0.3, -0.25) is 4.90 Å². The van der Waals surface area contributed by atoms with E-state index in [1.807, 2.05) is 18.2 Å². The van der Waals surface area contributed by atoms with Crippen molar-refractivity contribution in [2.24, 2.45) is 10.9 Å². The Hall–Kier alpha value is -1.85. The normalized spacial score (nSPS) is 13.6. The summed E-state index contributed by atoms with van der Waals surface area (Å²) in [5.74, 6) is 0.247. The van der Waals surface area contributed by atoms with Gasteiger partial charge in [-0.25, -0.2) is 0 Å². The molecule has 0 aliphatic carbocycles. The monoisotopic (exact) mass is 289 g/mol. The molecule has 1 unspecified atom stereocenters. The Kier molecular flexibility index (Phi) is 5.15. The van der Waals surface area contributed by atoms with Gasteiger partial charge in [-0.15, -0.1) is 11.3 Å². The van der Waals surface area contributed by atoms with Crippen LogP contribution in [0.15, 0.2) is 53.0 Å². The Morgan fingerprint density at radius 2 is 2.05 bits per heavy atom. The zero-order valence-corrected chi connectivity index (χ0v) is 12.3. The van der Waals surface area contributed by atoms with Crippen LogP contribution >= 0.6 is 11.3 Å². The molecule has 0 spiro atoms. The summed E-state index contributed by atoms with van der Waals surface area (Å²) in [6, 6.07) is 14.4. The molecular weight excluding hydrogens is 270 g/mol. The summed E-state index contributed by atoms with van der Waals surface area (Å²) in [5, 5.41) is 14.0. The van der Waals surface area contributed by atoms with Crippen LogP contribution in [0.1, 0.15) is 22.9 Å². The average molecular weight is 289 g/mol. The van der Waals surface area contributed by atoms with Gasteiger partial charge in [0.1, 0.15) is 5.84 Å². The minimum atomic E-state index is 0.0919. The van der Waals surface area contributed by atoms with Gasteiger partial charge in [0.2, 0.25) is 0 Å². The predicted octanol–water partition coefficient (Wildman–Crippen LogP) is 3.06. The Balaban J connectivity index is 2.17. The van der Waals surface area contributed by atoms with Gasteiger partial charge in [0.25, 0.3) is 0 Å². The van der Waals surface area contributed by atoms with E-state index < -0.39 is 0 Å². The molecule has 1 atom stereocenters. The van der Waals surface area contributed by atoms with Gasteiger partial charge in [0, 0.05) is 23.9 Å². The Bertz CT molecular complexity index is 540. The second kappa shape index (κ2) is 7.07. The first-order chi connectivity index (χ1) is 9.70. The summed E-state index contributed by atoms with van der Waals surface area (Å²) in [7, 11) is 2.06. The molecule has 0 amide bonds. The summed E-state index contributed by atoms with van der Waals surface area (Å²) >= 11 is 1.74. The maximum Gasteiger partial charge on any atom is 0.141 e. The third kappa shape index (κ3) is 3.82. The number of amidine groups is 1. The number of thiophene rings is 1. The molecule has 0 saturated heterocycles. The summed E-state index contributed by atoms with van der Waals surface area (Å²) in [5.41, 5.74) is 6.86. The van der Waals surface area contributed by atoms with E-state index in [1.165, 1.54) is 4.88 Å². The van der Waals surface area contributed by atoms with E-state index in [0.717, 1.165) is 12.1 Å². The van der Waals surface area contributed by atoms with Crippen LogP contribution in [-0.2, 0) is 6.54 Å². The molecule has 1 aromatic carbocycles. The van der Waals surface area contributed by atoms with E-state index in [1.54, 1.807) is 11.3 Å². The molecule has 2 rings (SSSR count). The van der Waals surface area contributed by atoms with Crippen molar-refractivity contribution in [2.75, 3.05) is 7.05 Å². The number of nitrogens with two attached hydrogens (primary N) is 1. The largest absolute Gasteiger partial charge is 0.409 e. The molecule has 0 aliphatic rings. The lowest BCUT2D eigenvalue weighted by Gasteiger charge is -2.27. The van der Waals surface area contributed by atoms with Gasteiger partial charge in [-0.2, -0.15) is 0 Å². The van der Waals surface area contributed by atoms with Gasteiger partial charge in [0.05, 0.1) is 0 Å². The lowest BCUT2D eigenvalue weighted by Crippen LogP contribution is -2.28. The van der Waals surface area contributed by atoms with Crippen molar-refractivity contribution in [2.45, 2.75) is 19.0 Å². The summed E-state index contributed by atoms with van der Waals surface area (Å²) in [6.45, 7) is 0.843. The second-order valence-electron chi connectivity index (χ2n) is 4.72. The number of nitrogens with zero attached hydrogens (tertiary/aromatic N) is 2. The van der Waals surface area contributed by atoms with Crippen molar-refractivity contribution in [1.82, 2.24) is 4.90 Å². The highest BCUT2D eigenvalue weighted by Crippen LogP contribution is 2.25. The van der Waals surface area contributed by atoms with Crippen molar-refractivity contribution in [3.8, 4) is 0 Å². The van der Waals surface area contributed by atoms with Crippen LogP contribution in [0.5, 0.6) is 0 Å². The first-order valence-electron chi connectivity index (χ1n) is 6.44. The SMILES string of the molecule is CN(Cc1cccs1)C(CC(N)=NO)c1ccccc1. The van der Waals surface area contributed by atoms with Crippen LogP contribution in [0.3, 0.4) is 0 Å². The lowest BCUT2D eigenvalue weighted by molar-refractivity contribution is 0.240. The molecule has 106 valence electrons. The summed E-state index contributed by atoms with van der Waals surface area (Å²) in [4.78, 5) is 3.52. The number of hydrogen-bond donors (Lipinski definition) is 2. The van der Waals surface area contributed by atoms with Crippen LogP contribution in [0.2, 0.25) is 0 Å². The smallest absolute Gasteiger partial charge is 0.141 e. The highest BCUT2D eigenvalue weighted by molar-refractivity contribution is 7.09. The van der Waals surface area contributed by atoms with Gasteiger partial charge >= 0.3 is 0 Å². The topological polar surface area (TPSA) is 61.8 Å². The summed E-state index contributed by atoms with van der Waals surface area (Å²) in [6.07, 6.45) is 0.502. The van der Waals surface area contributed by atoms with Crippen LogP contribution < -0.4 is 5.73 Å². The molecule has 0 fully saturated rings. The average Bonchev–Trinajstić information content (AvgIpc) is 2.98. The maximum absolute atomic E-state index is 8.82. The number of oxime groups is 1. The van der Waals surface area contributed by atoms with E-state index in [0.29, 0.717) is 6.42 Å². The predicted molar refractivity (Wildman–Crippen MR) is 83.0 cm³/mol. The van der Waals surface area contributed by atoms with E-state index in [9.17, 15) is 0 Å². The van der Waals surface area contributed by atoms with Crippen molar-refractivity contribution >= 4 is 17.2 Å². The highest BCUT2D eigenvalue weighted by atomic mass is 32.1. The fourth-order valence-electron chi connectivity index (χ4n) is 2.20. The van der Waals surface area contributed by atoms with E-state index in [4.69, 9.17) is 10.9 Å². The second-order valence-corrected chi connectivity index (χ2v) is 5.75. The molecule has 0 aliphatic heterocycles. The minimum Gasteiger partial charge on any atom is -0.409 e. The van der Waals surface area contributed by atoms with Crippen LogP contribution in [-0.4, -0.2) is 23.0 Å². The first-order valence-corrected chi connectivity index (χ1v) is 7.32. The fourth-order valence-corrected chi connectivity index (χ4v) is 2.97.